The first-order valence-corrected chi connectivity index (χ1v) is 10.4. The Morgan fingerprint density at radius 1 is 1.19 bits per heavy atom. The van der Waals surface area contributed by atoms with E-state index in [1.807, 2.05) is 37.9 Å². The molecule has 1 aliphatic heterocycles. The van der Waals surface area contributed by atoms with Crippen molar-refractivity contribution in [3.05, 3.63) is 36.5 Å². The quantitative estimate of drug-likeness (QED) is 0.819. The van der Waals surface area contributed by atoms with Gasteiger partial charge in [-0.2, -0.15) is 0 Å². The predicted octanol–water partition coefficient (Wildman–Crippen LogP) is 4.87. The zero-order valence-corrected chi connectivity index (χ0v) is 17.0. The fraction of sp³-hybridized carbons (Fsp3) is 0.524. The van der Waals surface area contributed by atoms with Crippen LogP contribution in [0.15, 0.2) is 36.5 Å². The van der Waals surface area contributed by atoms with E-state index in [1.165, 1.54) is 10.4 Å². The average molecular weight is 386 g/mol. The minimum atomic E-state index is -0.430. The number of carbonyl (C=O) groups is 1. The lowest BCUT2D eigenvalue weighted by Crippen LogP contribution is -2.36. The van der Waals surface area contributed by atoms with Crippen LogP contribution in [0.4, 0.5) is 9.93 Å². The molecule has 2 fully saturated rings. The topological polar surface area (TPSA) is 54.5 Å². The largest absolute Gasteiger partial charge is 0.444 e. The van der Waals surface area contributed by atoms with Gasteiger partial charge < -0.3 is 15.0 Å². The minimum Gasteiger partial charge on any atom is -0.444 e. The van der Waals surface area contributed by atoms with Crippen LogP contribution >= 0.6 is 11.3 Å². The predicted molar refractivity (Wildman–Crippen MR) is 109 cm³/mol. The third kappa shape index (κ3) is 4.26. The number of hydrogen-bond acceptors (Lipinski definition) is 5. The van der Waals surface area contributed by atoms with Gasteiger partial charge in [0.05, 0.1) is 4.88 Å². The van der Waals surface area contributed by atoms with Crippen LogP contribution in [0.25, 0.3) is 10.4 Å². The molecule has 0 spiro atoms. The van der Waals surface area contributed by atoms with E-state index in [1.54, 1.807) is 11.3 Å². The molecule has 1 aliphatic carbocycles. The SMILES string of the molecule is CC(C)(C)OC(=O)N1CC2C[C@@H](Nc3ncc(-c4ccccc4)s3)C[C@@H]2C1. The van der Waals surface area contributed by atoms with Gasteiger partial charge in [-0.15, -0.1) is 0 Å². The zero-order valence-electron chi connectivity index (χ0n) is 16.1. The fourth-order valence-corrected chi connectivity index (χ4v) is 5.04. The molecule has 5 nitrogen and oxygen atoms in total. The second-order valence-corrected chi connectivity index (χ2v) is 9.64. The Kier molecular flexibility index (Phi) is 4.84. The number of amides is 1. The van der Waals surface area contributed by atoms with Crippen molar-refractivity contribution in [2.75, 3.05) is 18.4 Å². The highest BCUT2D eigenvalue weighted by atomic mass is 32.1. The van der Waals surface area contributed by atoms with Crippen LogP contribution in [-0.2, 0) is 4.74 Å². The van der Waals surface area contributed by atoms with Crippen molar-refractivity contribution in [2.24, 2.45) is 11.8 Å². The van der Waals surface area contributed by atoms with Gasteiger partial charge in [-0.25, -0.2) is 9.78 Å². The molecule has 2 aromatic rings. The van der Waals surface area contributed by atoms with Gasteiger partial charge in [0.2, 0.25) is 0 Å². The normalized spacial score (nSPS) is 24.7. The summed E-state index contributed by atoms with van der Waals surface area (Å²) in [5.74, 6) is 1.12. The van der Waals surface area contributed by atoms with E-state index in [4.69, 9.17) is 4.74 Å². The van der Waals surface area contributed by atoms with Gasteiger partial charge >= 0.3 is 6.09 Å². The molecule has 6 heteroatoms. The van der Waals surface area contributed by atoms with Crippen molar-refractivity contribution in [1.29, 1.82) is 0 Å². The molecule has 144 valence electrons. The lowest BCUT2D eigenvalue weighted by molar-refractivity contribution is 0.0280. The summed E-state index contributed by atoms with van der Waals surface area (Å²) < 4.78 is 5.52. The standard InChI is InChI=1S/C21H27N3O2S/c1-21(2,3)26-20(25)24-12-15-9-17(10-16(15)13-24)23-19-22-11-18(27-19)14-7-5-4-6-8-14/h4-8,11,15-17H,9-10,12-13H2,1-3H3,(H,22,23)/t15-,16?,17+/m1/s1. The number of anilines is 1. The number of benzene rings is 1. The molecule has 1 amide bonds. The second-order valence-electron chi connectivity index (χ2n) is 8.61. The summed E-state index contributed by atoms with van der Waals surface area (Å²) in [5.41, 5.74) is 0.777. The summed E-state index contributed by atoms with van der Waals surface area (Å²) in [4.78, 5) is 19.9. The lowest BCUT2D eigenvalue weighted by atomic mass is 10.0. The summed E-state index contributed by atoms with van der Waals surface area (Å²) in [6.07, 6.45) is 3.95. The molecule has 3 atom stereocenters. The van der Waals surface area contributed by atoms with Gasteiger partial charge in [0.1, 0.15) is 5.60 Å². The summed E-state index contributed by atoms with van der Waals surface area (Å²) in [7, 11) is 0. The molecular formula is C21H27N3O2S. The Hall–Kier alpha value is -2.08. The molecular weight excluding hydrogens is 358 g/mol. The number of nitrogens with one attached hydrogen (secondary N) is 1. The highest BCUT2D eigenvalue weighted by molar-refractivity contribution is 7.18. The molecule has 1 saturated carbocycles. The maximum Gasteiger partial charge on any atom is 0.410 e. The van der Waals surface area contributed by atoms with Crippen molar-refractivity contribution in [3.63, 3.8) is 0 Å². The van der Waals surface area contributed by atoms with Crippen LogP contribution in [0.1, 0.15) is 33.6 Å². The Bertz CT molecular complexity index is 785. The molecule has 2 aliphatic rings. The number of ether oxygens (including phenoxy) is 1. The highest BCUT2D eigenvalue weighted by Crippen LogP contribution is 2.40. The molecule has 0 bridgehead atoms. The van der Waals surface area contributed by atoms with E-state index in [0.717, 1.165) is 31.1 Å². The third-order valence-corrected chi connectivity index (χ3v) is 6.27. The van der Waals surface area contributed by atoms with Crippen molar-refractivity contribution in [3.8, 4) is 10.4 Å². The average Bonchev–Trinajstić information content (AvgIpc) is 3.29. The van der Waals surface area contributed by atoms with E-state index >= 15 is 0 Å². The number of nitrogens with zero attached hydrogens (tertiary/aromatic N) is 2. The van der Waals surface area contributed by atoms with Crippen molar-refractivity contribution >= 4 is 22.6 Å². The van der Waals surface area contributed by atoms with Crippen LogP contribution in [0, 0.1) is 11.8 Å². The Morgan fingerprint density at radius 2 is 1.85 bits per heavy atom. The smallest absolute Gasteiger partial charge is 0.410 e. The number of carbonyl (C=O) groups excluding carboxylic acids is 1. The fourth-order valence-electron chi connectivity index (χ4n) is 4.14. The van der Waals surface area contributed by atoms with Crippen LogP contribution in [-0.4, -0.2) is 40.7 Å². The molecule has 0 radical (unpaired) electrons. The maximum atomic E-state index is 12.3. The molecule has 1 N–H and O–H groups in total. The molecule has 2 heterocycles. The number of rotatable bonds is 3. The number of fused-ring (bicyclic) bond motifs is 1. The lowest BCUT2D eigenvalue weighted by Gasteiger charge is -2.25. The van der Waals surface area contributed by atoms with Crippen LogP contribution in [0.5, 0.6) is 0 Å². The first-order chi connectivity index (χ1) is 12.9. The van der Waals surface area contributed by atoms with E-state index in [-0.39, 0.29) is 6.09 Å². The van der Waals surface area contributed by atoms with E-state index < -0.39 is 5.60 Å². The van der Waals surface area contributed by atoms with Crippen molar-refractivity contribution in [1.82, 2.24) is 9.88 Å². The van der Waals surface area contributed by atoms with Crippen LogP contribution in [0.3, 0.4) is 0 Å². The Labute approximate surface area is 164 Å². The van der Waals surface area contributed by atoms with E-state index in [2.05, 4.69) is 34.6 Å². The summed E-state index contributed by atoms with van der Waals surface area (Å²) in [6, 6.07) is 10.8. The number of hydrogen-bond donors (Lipinski definition) is 1. The second kappa shape index (κ2) is 7.15. The zero-order chi connectivity index (χ0) is 19.0. The number of thiazole rings is 1. The van der Waals surface area contributed by atoms with Crippen molar-refractivity contribution in [2.45, 2.75) is 45.3 Å². The van der Waals surface area contributed by atoms with E-state index in [9.17, 15) is 4.79 Å². The monoisotopic (exact) mass is 385 g/mol. The maximum absolute atomic E-state index is 12.3. The van der Waals surface area contributed by atoms with Gasteiger partial charge in [0.25, 0.3) is 0 Å². The van der Waals surface area contributed by atoms with Gasteiger partial charge in [0, 0.05) is 25.3 Å². The Balaban J connectivity index is 1.31. The molecule has 1 aromatic heterocycles. The summed E-state index contributed by atoms with van der Waals surface area (Å²) in [6.45, 7) is 7.37. The number of aromatic nitrogens is 1. The van der Waals surface area contributed by atoms with E-state index in [0.29, 0.717) is 17.9 Å². The third-order valence-electron chi connectivity index (χ3n) is 5.29. The summed E-state index contributed by atoms with van der Waals surface area (Å²) in [5, 5.41) is 4.60. The van der Waals surface area contributed by atoms with Crippen LogP contribution in [0.2, 0.25) is 0 Å². The van der Waals surface area contributed by atoms with Crippen LogP contribution < -0.4 is 5.32 Å². The number of likely N-dealkylation sites (tertiary alicyclic amines) is 1. The first-order valence-electron chi connectivity index (χ1n) is 9.63. The molecule has 1 aromatic carbocycles. The minimum absolute atomic E-state index is 0.172. The van der Waals surface area contributed by atoms with Crippen molar-refractivity contribution < 1.29 is 9.53 Å². The Morgan fingerprint density at radius 3 is 2.48 bits per heavy atom. The molecule has 1 unspecified atom stereocenters. The molecule has 4 rings (SSSR count). The molecule has 1 saturated heterocycles. The van der Waals surface area contributed by atoms with Gasteiger partial charge in [-0.3, -0.25) is 0 Å². The summed E-state index contributed by atoms with van der Waals surface area (Å²) >= 11 is 1.71. The van der Waals surface area contributed by atoms with Gasteiger partial charge in [-0.05, 0) is 51.0 Å². The van der Waals surface area contributed by atoms with Gasteiger partial charge in [0.15, 0.2) is 5.13 Å². The van der Waals surface area contributed by atoms with Gasteiger partial charge in [-0.1, -0.05) is 41.7 Å². The molecule has 27 heavy (non-hydrogen) atoms. The highest BCUT2D eigenvalue weighted by Gasteiger charge is 2.43. The first kappa shape index (κ1) is 18.3.